The number of aromatic nitrogens is 4. The van der Waals surface area contributed by atoms with Crippen LogP contribution in [0.2, 0.25) is 0 Å². The van der Waals surface area contributed by atoms with Gasteiger partial charge in [0.25, 0.3) is 0 Å². The van der Waals surface area contributed by atoms with Gasteiger partial charge in [0.1, 0.15) is 35.2 Å². The van der Waals surface area contributed by atoms with Crippen molar-refractivity contribution >= 4 is 22.9 Å². The number of carbonyl (C=O) groups excluding carboxylic acids is 1. The molecule has 2 aliphatic rings. The highest BCUT2D eigenvalue weighted by Crippen LogP contribution is 2.46. The second-order valence-electron chi connectivity index (χ2n) is 10.4. The number of hydrogen-bond donors (Lipinski definition) is 0. The van der Waals surface area contributed by atoms with Crippen molar-refractivity contribution in [3.63, 3.8) is 0 Å². The first kappa shape index (κ1) is 22.3. The maximum atomic E-state index is 12.6. The maximum Gasteiger partial charge on any atom is 0.410 e. The quantitative estimate of drug-likeness (QED) is 0.586. The Hall–Kier alpha value is -3.54. The zero-order valence-corrected chi connectivity index (χ0v) is 20.4. The van der Waals surface area contributed by atoms with Crippen LogP contribution in [0.1, 0.15) is 57.7 Å². The molecule has 3 aromatic rings. The number of ether oxygens (including phenoxy) is 1. The highest BCUT2D eigenvalue weighted by atomic mass is 16.6. The first-order valence-electron chi connectivity index (χ1n) is 11.8. The normalized spacial score (nSPS) is 18.9. The van der Waals surface area contributed by atoms with Crippen LogP contribution in [0.4, 0.5) is 10.6 Å². The minimum absolute atomic E-state index is 0.0803. The fourth-order valence-electron chi connectivity index (χ4n) is 4.75. The van der Waals surface area contributed by atoms with Crippen LogP contribution in [-0.4, -0.2) is 61.4 Å². The molecule has 0 N–H and O–H groups in total. The van der Waals surface area contributed by atoms with Crippen LogP contribution in [0.25, 0.3) is 16.7 Å². The lowest BCUT2D eigenvalue weighted by molar-refractivity contribution is 0.0218. The Bertz CT molecular complexity index is 1290. The molecule has 1 amide bonds. The van der Waals surface area contributed by atoms with Crippen molar-refractivity contribution in [3.8, 4) is 11.8 Å². The molecule has 34 heavy (non-hydrogen) atoms. The van der Waals surface area contributed by atoms with Gasteiger partial charge in [0, 0.05) is 45.1 Å². The third kappa shape index (κ3) is 3.98. The number of nitriles is 1. The summed E-state index contributed by atoms with van der Waals surface area (Å²) in [5.41, 5.74) is 3.12. The number of aryl methyl sites for hydroxylation is 1. The van der Waals surface area contributed by atoms with E-state index in [-0.39, 0.29) is 12.1 Å². The van der Waals surface area contributed by atoms with E-state index in [2.05, 4.69) is 33.6 Å². The summed E-state index contributed by atoms with van der Waals surface area (Å²) in [5, 5.41) is 10.5. The van der Waals surface area contributed by atoms with Gasteiger partial charge >= 0.3 is 6.09 Å². The molecule has 0 radical (unpaired) electrons. The Kier molecular flexibility index (Phi) is 5.27. The lowest BCUT2D eigenvalue weighted by Gasteiger charge is -2.41. The van der Waals surface area contributed by atoms with Gasteiger partial charge < -0.3 is 19.1 Å². The van der Waals surface area contributed by atoms with Gasteiger partial charge in [-0.15, -0.1) is 0 Å². The molecule has 0 spiro atoms. The van der Waals surface area contributed by atoms with Crippen molar-refractivity contribution in [2.45, 2.75) is 58.1 Å². The highest BCUT2D eigenvalue weighted by molar-refractivity contribution is 5.93. The van der Waals surface area contributed by atoms with Crippen molar-refractivity contribution in [1.29, 1.82) is 5.26 Å². The molecule has 0 bridgehead atoms. The lowest BCUT2D eigenvalue weighted by Crippen LogP contribution is -2.54. The molecule has 1 unspecified atom stereocenters. The van der Waals surface area contributed by atoms with Crippen LogP contribution in [0, 0.1) is 11.3 Å². The highest BCUT2D eigenvalue weighted by Gasteiger charge is 2.34. The number of fused-ring (bicyclic) bond motifs is 1. The summed E-state index contributed by atoms with van der Waals surface area (Å²) in [6.07, 6.45) is 7.79. The minimum Gasteiger partial charge on any atom is -0.444 e. The average Bonchev–Trinajstić information content (AvgIpc) is 3.44. The third-order valence-electron chi connectivity index (χ3n) is 6.54. The summed E-state index contributed by atoms with van der Waals surface area (Å²) in [6.45, 7) is 9.61. The molecular weight excluding hydrogens is 430 g/mol. The minimum atomic E-state index is -0.513. The number of hydrogen-bond acceptors (Lipinski definition) is 6. The van der Waals surface area contributed by atoms with Crippen LogP contribution in [-0.2, 0) is 11.8 Å². The summed E-state index contributed by atoms with van der Waals surface area (Å²) in [7, 11) is 1.88. The van der Waals surface area contributed by atoms with E-state index in [4.69, 9.17) is 9.72 Å². The summed E-state index contributed by atoms with van der Waals surface area (Å²) in [6, 6.07) is 4.21. The van der Waals surface area contributed by atoms with Gasteiger partial charge in [-0.1, -0.05) is 0 Å². The van der Waals surface area contributed by atoms with E-state index in [1.165, 1.54) is 5.56 Å². The molecular formula is C25H31N7O2. The van der Waals surface area contributed by atoms with E-state index in [0.29, 0.717) is 31.2 Å². The monoisotopic (exact) mass is 461 g/mol. The Morgan fingerprint density at radius 3 is 2.59 bits per heavy atom. The largest absolute Gasteiger partial charge is 0.444 e. The summed E-state index contributed by atoms with van der Waals surface area (Å²) >= 11 is 0. The van der Waals surface area contributed by atoms with Gasteiger partial charge in [0.15, 0.2) is 0 Å². The molecule has 9 heteroatoms. The predicted octanol–water partition coefficient (Wildman–Crippen LogP) is 3.95. The van der Waals surface area contributed by atoms with E-state index in [9.17, 15) is 10.1 Å². The Labute approximate surface area is 199 Å². The van der Waals surface area contributed by atoms with Gasteiger partial charge in [-0.25, -0.2) is 14.8 Å². The summed E-state index contributed by atoms with van der Waals surface area (Å²) < 4.78 is 9.49. The average molecular weight is 462 g/mol. The van der Waals surface area contributed by atoms with Crippen LogP contribution in [0.3, 0.4) is 0 Å². The number of rotatable bonds is 3. The van der Waals surface area contributed by atoms with E-state index < -0.39 is 5.60 Å². The number of amides is 1. The third-order valence-corrected chi connectivity index (χ3v) is 6.54. The predicted molar refractivity (Wildman–Crippen MR) is 129 cm³/mol. The molecule has 1 aliphatic carbocycles. The molecule has 0 aromatic carbocycles. The zero-order chi connectivity index (χ0) is 24.2. The number of carbonyl (C=O) groups is 1. The molecule has 2 fully saturated rings. The second-order valence-corrected chi connectivity index (χ2v) is 10.4. The Morgan fingerprint density at radius 1 is 1.21 bits per heavy atom. The molecule has 9 nitrogen and oxygen atoms in total. The Balaban J connectivity index is 1.51. The van der Waals surface area contributed by atoms with Crippen molar-refractivity contribution < 1.29 is 9.53 Å². The van der Waals surface area contributed by atoms with Crippen molar-refractivity contribution in [1.82, 2.24) is 24.0 Å². The Morgan fingerprint density at radius 2 is 1.97 bits per heavy atom. The van der Waals surface area contributed by atoms with Crippen LogP contribution < -0.4 is 4.90 Å². The zero-order valence-electron chi connectivity index (χ0n) is 20.4. The number of anilines is 1. The molecule has 4 heterocycles. The standard InChI is InChI=1S/C25H31N7O2/c1-16-12-30(24(33)34-25(2,3)4)8-9-31(16)22-21-20(17-6-7-17)14-32(23(21)28-15-27-22)19-10-18(11-26)29(5)13-19/h10,13-17H,6-9,12H2,1-5H3. The van der Waals surface area contributed by atoms with Crippen LogP contribution in [0.5, 0.6) is 0 Å². The van der Waals surface area contributed by atoms with Gasteiger partial charge in [-0.3, -0.25) is 4.57 Å². The van der Waals surface area contributed by atoms with Gasteiger partial charge in [-0.2, -0.15) is 5.26 Å². The fourth-order valence-corrected chi connectivity index (χ4v) is 4.75. The van der Waals surface area contributed by atoms with Gasteiger partial charge in [0.2, 0.25) is 0 Å². The smallest absolute Gasteiger partial charge is 0.410 e. The summed E-state index contributed by atoms with van der Waals surface area (Å²) in [4.78, 5) is 26.1. The van der Waals surface area contributed by atoms with Crippen LogP contribution in [0.15, 0.2) is 24.8 Å². The lowest BCUT2D eigenvalue weighted by atomic mass is 10.1. The maximum absolute atomic E-state index is 12.6. The van der Waals surface area contributed by atoms with Crippen molar-refractivity contribution in [2.75, 3.05) is 24.5 Å². The topological polar surface area (TPSA) is 92.2 Å². The number of nitrogens with zero attached hydrogens (tertiary/aromatic N) is 7. The van der Waals surface area contributed by atoms with E-state index >= 15 is 0 Å². The second kappa shape index (κ2) is 8.05. The SMILES string of the molecule is CC1CN(C(=O)OC(C)(C)C)CCN1c1ncnc2c1c(C1CC1)cn2-c1cc(C#N)n(C)c1. The van der Waals surface area contributed by atoms with E-state index in [1.807, 2.05) is 44.6 Å². The van der Waals surface area contributed by atoms with Crippen molar-refractivity contribution in [2.24, 2.45) is 7.05 Å². The molecule has 1 aliphatic heterocycles. The molecule has 1 atom stereocenters. The first-order chi connectivity index (χ1) is 16.2. The fraction of sp³-hybridized carbons (Fsp3) is 0.520. The van der Waals surface area contributed by atoms with E-state index in [1.54, 1.807) is 11.2 Å². The first-order valence-corrected chi connectivity index (χ1v) is 11.8. The molecule has 3 aromatic heterocycles. The van der Waals surface area contributed by atoms with Gasteiger partial charge in [-0.05, 0) is 58.1 Å². The van der Waals surface area contributed by atoms with Crippen LogP contribution >= 0.6 is 0 Å². The number of piperazine rings is 1. The van der Waals surface area contributed by atoms with Crippen molar-refractivity contribution in [3.05, 3.63) is 36.0 Å². The molecule has 5 rings (SSSR count). The molecule has 178 valence electrons. The van der Waals surface area contributed by atoms with Gasteiger partial charge in [0.05, 0.1) is 11.1 Å². The summed E-state index contributed by atoms with van der Waals surface area (Å²) in [5.74, 6) is 1.42. The molecule has 1 saturated heterocycles. The van der Waals surface area contributed by atoms with E-state index in [0.717, 1.165) is 35.4 Å². The molecule has 1 saturated carbocycles.